The predicted octanol–water partition coefficient (Wildman–Crippen LogP) is 2.12. The molecule has 198 valence electrons. The first kappa shape index (κ1) is 26.8. The van der Waals surface area contributed by atoms with E-state index in [2.05, 4.69) is 0 Å². The summed E-state index contributed by atoms with van der Waals surface area (Å²) in [5, 5.41) is 5.16. The van der Waals surface area contributed by atoms with Gasteiger partial charge < -0.3 is 14.4 Å². The molecule has 0 radical (unpaired) electrons. The largest absolute Gasteiger partial charge is 0.497 e. The molecule has 0 aromatic heterocycles. The van der Waals surface area contributed by atoms with Crippen molar-refractivity contribution in [2.24, 2.45) is 5.14 Å². The molecule has 2 N–H and O–H groups in total. The van der Waals surface area contributed by atoms with Gasteiger partial charge in [-0.05, 0) is 60.5 Å². The lowest BCUT2D eigenvalue weighted by atomic mass is 10.1. The number of carbonyl (C=O) groups is 3. The molecular weight excluding hydrogens is 510 g/mol. The van der Waals surface area contributed by atoms with Gasteiger partial charge in [0.15, 0.2) is 6.61 Å². The summed E-state index contributed by atoms with van der Waals surface area (Å²) in [5.74, 6) is -0.333. The van der Waals surface area contributed by atoms with Gasteiger partial charge in [0.2, 0.25) is 15.9 Å². The first-order valence-electron chi connectivity index (χ1n) is 11.8. The third kappa shape index (κ3) is 6.18. The van der Waals surface area contributed by atoms with Crippen LogP contribution >= 0.6 is 0 Å². The highest BCUT2D eigenvalue weighted by molar-refractivity contribution is 7.89. The first-order chi connectivity index (χ1) is 18.2. The summed E-state index contributed by atoms with van der Waals surface area (Å²) in [6, 6.07) is 20.2. The van der Waals surface area contributed by atoms with E-state index in [1.807, 2.05) is 6.07 Å². The molecule has 1 fully saturated rings. The second-order valence-corrected chi connectivity index (χ2v) is 10.2. The van der Waals surface area contributed by atoms with E-state index in [1.165, 1.54) is 24.1 Å². The Kier molecular flexibility index (Phi) is 8.08. The highest BCUT2D eigenvalue weighted by Crippen LogP contribution is 2.28. The summed E-state index contributed by atoms with van der Waals surface area (Å²) in [6.45, 7) is -0.222. The maximum absolute atomic E-state index is 13.4. The minimum absolute atomic E-state index is 0.0304. The molecule has 1 heterocycles. The average molecular weight is 538 g/mol. The van der Waals surface area contributed by atoms with Gasteiger partial charge in [-0.25, -0.2) is 18.5 Å². The van der Waals surface area contributed by atoms with Gasteiger partial charge in [-0.2, -0.15) is 0 Å². The number of amides is 3. The Morgan fingerprint density at radius 2 is 1.63 bits per heavy atom. The van der Waals surface area contributed by atoms with E-state index < -0.39 is 33.8 Å². The predicted molar refractivity (Wildman–Crippen MR) is 139 cm³/mol. The lowest BCUT2D eigenvalue weighted by Crippen LogP contribution is -2.48. The second kappa shape index (κ2) is 11.4. The maximum atomic E-state index is 13.4. The summed E-state index contributed by atoms with van der Waals surface area (Å²) >= 11 is 0. The molecule has 0 bridgehead atoms. The summed E-state index contributed by atoms with van der Waals surface area (Å²) in [4.78, 5) is 42.0. The number of ether oxygens (including phenoxy) is 2. The van der Waals surface area contributed by atoms with Crippen LogP contribution in [0.1, 0.15) is 12.0 Å². The van der Waals surface area contributed by atoms with Crippen LogP contribution in [-0.4, -0.2) is 57.3 Å². The van der Waals surface area contributed by atoms with Crippen molar-refractivity contribution in [3.05, 3.63) is 84.4 Å². The van der Waals surface area contributed by atoms with Gasteiger partial charge in [0.05, 0.1) is 24.1 Å². The fourth-order valence-electron chi connectivity index (χ4n) is 4.16. The smallest absolute Gasteiger partial charge is 0.261 e. The Bertz CT molecular complexity index is 1410. The van der Waals surface area contributed by atoms with Crippen molar-refractivity contribution >= 4 is 33.4 Å². The fourth-order valence-corrected chi connectivity index (χ4v) is 4.67. The molecule has 10 nitrogen and oxygen atoms in total. The molecule has 1 aliphatic rings. The fraction of sp³-hybridized carbons (Fsp3) is 0.222. The zero-order valence-electron chi connectivity index (χ0n) is 20.6. The SMILES string of the molecule is COc1ccc(N2C(=O)CC(N(CCc3ccc(S(N)(=O)=O)cc3)C(=O)COc3ccccc3)C2=O)cc1. The molecule has 1 unspecified atom stereocenters. The molecule has 11 heteroatoms. The number of rotatable bonds is 10. The van der Waals surface area contributed by atoms with Crippen molar-refractivity contribution in [1.29, 1.82) is 0 Å². The molecule has 3 amide bonds. The number of hydrogen-bond acceptors (Lipinski definition) is 7. The molecule has 0 spiro atoms. The zero-order chi connectivity index (χ0) is 27.3. The number of para-hydroxylation sites is 1. The number of carbonyl (C=O) groups excluding carboxylic acids is 3. The number of nitrogens with zero attached hydrogens (tertiary/aromatic N) is 2. The van der Waals surface area contributed by atoms with Crippen LogP contribution in [0.5, 0.6) is 11.5 Å². The summed E-state index contributed by atoms with van der Waals surface area (Å²) in [5.41, 5.74) is 1.11. The van der Waals surface area contributed by atoms with Crippen LogP contribution in [0.15, 0.2) is 83.8 Å². The lowest BCUT2D eigenvalue weighted by Gasteiger charge is -2.28. The third-order valence-electron chi connectivity index (χ3n) is 6.15. The number of imide groups is 1. The van der Waals surface area contributed by atoms with E-state index in [1.54, 1.807) is 60.7 Å². The maximum Gasteiger partial charge on any atom is 0.261 e. The minimum atomic E-state index is -3.84. The molecule has 1 atom stereocenters. The van der Waals surface area contributed by atoms with Crippen LogP contribution in [0.3, 0.4) is 0 Å². The van der Waals surface area contributed by atoms with Crippen molar-refractivity contribution in [1.82, 2.24) is 4.90 Å². The van der Waals surface area contributed by atoms with E-state index in [0.29, 0.717) is 23.6 Å². The number of methoxy groups -OCH3 is 1. The molecule has 1 saturated heterocycles. The van der Waals surface area contributed by atoms with Gasteiger partial charge in [0, 0.05) is 6.54 Å². The monoisotopic (exact) mass is 537 g/mol. The van der Waals surface area contributed by atoms with E-state index in [0.717, 1.165) is 10.5 Å². The van der Waals surface area contributed by atoms with E-state index in [9.17, 15) is 22.8 Å². The van der Waals surface area contributed by atoms with Crippen molar-refractivity contribution < 1.29 is 32.3 Å². The van der Waals surface area contributed by atoms with Crippen LogP contribution in [0, 0.1) is 0 Å². The minimum Gasteiger partial charge on any atom is -0.497 e. The molecule has 3 aromatic rings. The van der Waals surface area contributed by atoms with Gasteiger partial charge in [0.25, 0.3) is 11.8 Å². The molecule has 0 aliphatic carbocycles. The number of hydrogen-bond donors (Lipinski definition) is 1. The summed E-state index contributed by atoms with van der Waals surface area (Å²) < 4.78 is 33.8. The zero-order valence-corrected chi connectivity index (χ0v) is 21.5. The highest BCUT2D eigenvalue weighted by atomic mass is 32.2. The van der Waals surface area contributed by atoms with Gasteiger partial charge in [0.1, 0.15) is 17.5 Å². The van der Waals surface area contributed by atoms with Gasteiger partial charge in [-0.3, -0.25) is 14.4 Å². The normalized spacial score (nSPS) is 15.4. The first-order valence-corrected chi connectivity index (χ1v) is 13.3. The Morgan fingerprint density at radius 1 is 0.974 bits per heavy atom. The summed E-state index contributed by atoms with van der Waals surface area (Å²) in [7, 11) is -2.32. The quantitative estimate of drug-likeness (QED) is 0.391. The van der Waals surface area contributed by atoms with Crippen molar-refractivity contribution in [3.8, 4) is 11.5 Å². The second-order valence-electron chi connectivity index (χ2n) is 8.61. The topological polar surface area (TPSA) is 136 Å². The highest BCUT2D eigenvalue weighted by Gasteiger charge is 2.44. The van der Waals surface area contributed by atoms with Crippen LogP contribution in [0.2, 0.25) is 0 Å². The molecular formula is C27H27N3O7S. The third-order valence-corrected chi connectivity index (χ3v) is 7.08. The lowest BCUT2D eigenvalue weighted by molar-refractivity contribution is -0.140. The van der Waals surface area contributed by atoms with Gasteiger partial charge in [-0.1, -0.05) is 30.3 Å². The van der Waals surface area contributed by atoms with Crippen LogP contribution in [0.25, 0.3) is 0 Å². The van der Waals surface area contributed by atoms with E-state index in [4.69, 9.17) is 14.6 Å². The number of primary sulfonamides is 1. The van der Waals surface area contributed by atoms with E-state index >= 15 is 0 Å². The van der Waals surface area contributed by atoms with Gasteiger partial charge >= 0.3 is 0 Å². The Balaban J connectivity index is 1.54. The molecule has 4 rings (SSSR count). The molecule has 0 saturated carbocycles. The molecule has 3 aromatic carbocycles. The van der Waals surface area contributed by atoms with Crippen LogP contribution in [-0.2, 0) is 30.8 Å². The van der Waals surface area contributed by atoms with Crippen LogP contribution in [0.4, 0.5) is 5.69 Å². The van der Waals surface area contributed by atoms with Gasteiger partial charge in [-0.15, -0.1) is 0 Å². The average Bonchev–Trinajstić information content (AvgIpc) is 3.21. The number of nitrogens with two attached hydrogens (primary N) is 1. The number of sulfonamides is 1. The molecule has 38 heavy (non-hydrogen) atoms. The van der Waals surface area contributed by atoms with Crippen molar-refractivity contribution in [2.75, 3.05) is 25.2 Å². The summed E-state index contributed by atoms with van der Waals surface area (Å²) in [6.07, 6.45) is 0.134. The van der Waals surface area contributed by atoms with Crippen LogP contribution < -0.4 is 19.5 Å². The molecule has 1 aliphatic heterocycles. The standard InChI is InChI=1S/C27H27N3O7S/c1-36-21-11-9-20(10-12-21)30-25(31)17-24(27(30)33)29(26(32)18-37-22-5-3-2-4-6-22)16-15-19-7-13-23(14-8-19)38(28,34)35/h2-14,24H,15-18H2,1H3,(H2,28,34,35). The van der Waals surface area contributed by atoms with Crippen molar-refractivity contribution in [2.45, 2.75) is 23.8 Å². The van der Waals surface area contributed by atoms with E-state index in [-0.39, 0.29) is 24.5 Å². The van der Waals surface area contributed by atoms with Crippen molar-refractivity contribution in [3.63, 3.8) is 0 Å². The Hall–Kier alpha value is -4.22. The number of benzene rings is 3. The Labute approximate surface area is 220 Å². The Morgan fingerprint density at radius 3 is 2.24 bits per heavy atom. The number of anilines is 1.